The van der Waals surface area contributed by atoms with Gasteiger partial charge in [0, 0.05) is 32.2 Å². The Morgan fingerprint density at radius 2 is 1.81 bits per heavy atom. The first kappa shape index (κ1) is 16.5. The van der Waals surface area contributed by atoms with Crippen LogP contribution in [0.5, 0.6) is 0 Å². The molecule has 21 heavy (non-hydrogen) atoms. The smallest absolute Gasteiger partial charge is 0.0945 e. The van der Waals surface area contributed by atoms with Gasteiger partial charge in [-0.05, 0) is 36.0 Å². The molecule has 3 heteroatoms. The number of aliphatic hydroxyl groups is 1. The number of nitrogens with one attached hydrogen (secondary N) is 1. The third kappa shape index (κ3) is 3.85. The standard InChI is InChI=1S/C18H30N2O/c1-13-6-7-15(18(3,4)5)12-16(13)17(21)14(2)20-10-8-19-9-11-20/h6-7,12,14,17,19,21H,8-11H2,1-5H3. The molecule has 0 aromatic heterocycles. The van der Waals surface area contributed by atoms with Crippen molar-refractivity contribution in [3.63, 3.8) is 0 Å². The van der Waals surface area contributed by atoms with Crippen molar-refractivity contribution >= 4 is 0 Å². The summed E-state index contributed by atoms with van der Waals surface area (Å²) in [6, 6.07) is 6.67. The van der Waals surface area contributed by atoms with Crippen molar-refractivity contribution in [2.75, 3.05) is 26.2 Å². The van der Waals surface area contributed by atoms with Crippen LogP contribution in [0, 0.1) is 6.92 Å². The molecule has 1 saturated heterocycles. The van der Waals surface area contributed by atoms with Gasteiger partial charge in [0.25, 0.3) is 0 Å². The van der Waals surface area contributed by atoms with E-state index in [1.165, 1.54) is 11.1 Å². The van der Waals surface area contributed by atoms with E-state index in [9.17, 15) is 5.11 Å². The van der Waals surface area contributed by atoms with Gasteiger partial charge in [0.15, 0.2) is 0 Å². The Balaban J connectivity index is 2.23. The van der Waals surface area contributed by atoms with E-state index in [4.69, 9.17) is 0 Å². The fourth-order valence-corrected chi connectivity index (χ4v) is 2.97. The molecule has 1 aromatic rings. The van der Waals surface area contributed by atoms with Gasteiger partial charge >= 0.3 is 0 Å². The zero-order valence-corrected chi connectivity index (χ0v) is 14.1. The normalized spacial score (nSPS) is 20.3. The highest BCUT2D eigenvalue weighted by Crippen LogP contribution is 2.30. The van der Waals surface area contributed by atoms with Crippen molar-refractivity contribution in [3.05, 3.63) is 34.9 Å². The molecule has 0 bridgehead atoms. The maximum atomic E-state index is 10.9. The van der Waals surface area contributed by atoms with E-state index in [1.54, 1.807) is 0 Å². The van der Waals surface area contributed by atoms with Crippen molar-refractivity contribution in [3.8, 4) is 0 Å². The highest BCUT2D eigenvalue weighted by Gasteiger charge is 2.26. The van der Waals surface area contributed by atoms with Gasteiger partial charge in [-0.1, -0.05) is 39.0 Å². The fourth-order valence-electron chi connectivity index (χ4n) is 2.97. The van der Waals surface area contributed by atoms with Crippen LogP contribution in [0.3, 0.4) is 0 Å². The molecule has 0 radical (unpaired) electrons. The highest BCUT2D eigenvalue weighted by molar-refractivity contribution is 5.36. The number of piperazine rings is 1. The molecule has 1 fully saturated rings. The summed E-state index contributed by atoms with van der Waals surface area (Å²) >= 11 is 0. The topological polar surface area (TPSA) is 35.5 Å². The SMILES string of the molecule is Cc1ccc(C(C)(C)C)cc1C(O)C(C)N1CCNCC1. The number of rotatable bonds is 3. The molecule has 3 nitrogen and oxygen atoms in total. The second-order valence-electron chi connectivity index (χ2n) is 7.29. The fraction of sp³-hybridized carbons (Fsp3) is 0.667. The molecule has 0 spiro atoms. The lowest BCUT2D eigenvalue weighted by Crippen LogP contribution is -2.49. The lowest BCUT2D eigenvalue weighted by molar-refractivity contribution is 0.0505. The van der Waals surface area contributed by atoms with E-state index < -0.39 is 6.10 Å². The van der Waals surface area contributed by atoms with E-state index in [0.29, 0.717) is 0 Å². The number of aliphatic hydroxyl groups excluding tert-OH is 1. The maximum Gasteiger partial charge on any atom is 0.0945 e. The third-order valence-electron chi connectivity index (χ3n) is 4.65. The first-order valence-electron chi connectivity index (χ1n) is 8.04. The zero-order valence-electron chi connectivity index (χ0n) is 14.1. The minimum Gasteiger partial charge on any atom is -0.387 e. The Morgan fingerprint density at radius 1 is 1.19 bits per heavy atom. The van der Waals surface area contributed by atoms with Gasteiger partial charge in [0.2, 0.25) is 0 Å². The molecule has 0 amide bonds. The summed E-state index contributed by atoms with van der Waals surface area (Å²) in [5, 5.41) is 14.2. The highest BCUT2D eigenvalue weighted by atomic mass is 16.3. The predicted octanol–water partition coefficient (Wildman–Crippen LogP) is 2.62. The van der Waals surface area contributed by atoms with Gasteiger partial charge in [-0.15, -0.1) is 0 Å². The van der Waals surface area contributed by atoms with Crippen LogP contribution >= 0.6 is 0 Å². The summed E-state index contributed by atoms with van der Waals surface area (Å²) in [5.74, 6) is 0. The molecule has 1 heterocycles. The molecular weight excluding hydrogens is 260 g/mol. The van der Waals surface area contributed by atoms with Crippen LogP contribution in [-0.4, -0.2) is 42.2 Å². The molecule has 2 N–H and O–H groups in total. The molecule has 1 aliphatic rings. The largest absolute Gasteiger partial charge is 0.387 e. The molecular formula is C18H30N2O. The average Bonchev–Trinajstić information content (AvgIpc) is 2.46. The molecule has 2 rings (SSSR count). The summed E-state index contributed by atoms with van der Waals surface area (Å²) in [7, 11) is 0. The van der Waals surface area contributed by atoms with E-state index in [1.807, 2.05) is 0 Å². The second-order valence-corrected chi connectivity index (χ2v) is 7.29. The van der Waals surface area contributed by atoms with Crippen molar-refractivity contribution in [1.29, 1.82) is 0 Å². The Morgan fingerprint density at radius 3 is 2.38 bits per heavy atom. The van der Waals surface area contributed by atoms with Gasteiger partial charge in [-0.25, -0.2) is 0 Å². The quantitative estimate of drug-likeness (QED) is 0.898. The van der Waals surface area contributed by atoms with Crippen LogP contribution in [-0.2, 0) is 5.41 Å². The van der Waals surface area contributed by atoms with Crippen LogP contribution < -0.4 is 5.32 Å². The number of hydrogen-bond acceptors (Lipinski definition) is 3. The van der Waals surface area contributed by atoms with Crippen LogP contribution in [0.15, 0.2) is 18.2 Å². The van der Waals surface area contributed by atoms with E-state index in [0.717, 1.165) is 31.7 Å². The number of benzene rings is 1. The lowest BCUT2D eigenvalue weighted by atomic mass is 9.84. The van der Waals surface area contributed by atoms with Crippen LogP contribution in [0.2, 0.25) is 0 Å². The van der Waals surface area contributed by atoms with Gasteiger partial charge in [0.05, 0.1) is 6.10 Å². The van der Waals surface area contributed by atoms with E-state index in [2.05, 4.69) is 63.0 Å². The van der Waals surface area contributed by atoms with E-state index >= 15 is 0 Å². The first-order chi connectivity index (χ1) is 9.80. The van der Waals surface area contributed by atoms with Gasteiger partial charge < -0.3 is 10.4 Å². The van der Waals surface area contributed by atoms with Crippen molar-refractivity contribution in [2.24, 2.45) is 0 Å². The maximum absolute atomic E-state index is 10.9. The summed E-state index contributed by atoms with van der Waals surface area (Å²) in [5.41, 5.74) is 3.65. The molecule has 0 saturated carbocycles. The molecule has 118 valence electrons. The minimum absolute atomic E-state index is 0.112. The predicted molar refractivity (Wildman–Crippen MR) is 88.7 cm³/mol. The second kappa shape index (κ2) is 6.47. The molecule has 1 aliphatic heterocycles. The molecule has 2 unspecified atom stereocenters. The van der Waals surface area contributed by atoms with Gasteiger partial charge in [-0.2, -0.15) is 0 Å². The Labute approximate surface area is 129 Å². The lowest BCUT2D eigenvalue weighted by Gasteiger charge is -2.36. The summed E-state index contributed by atoms with van der Waals surface area (Å²) < 4.78 is 0. The molecule has 1 aromatic carbocycles. The zero-order chi connectivity index (χ0) is 15.6. The van der Waals surface area contributed by atoms with Crippen molar-refractivity contribution < 1.29 is 5.11 Å². The van der Waals surface area contributed by atoms with Crippen LogP contribution in [0.1, 0.15) is 50.5 Å². The monoisotopic (exact) mass is 290 g/mol. The number of nitrogens with zero attached hydrogens (tertiary/aromatic N) is 1. The minimum atomic E-state index is -0.426. The summed E-state index contributed by atoms with van der Waals surface area (Å²) in [6.07, 6.45) is -0.426. The van der Waals surface area contributed by atoms with Gasteiger partial charge in [0.1, 0.15) is 0 Å². The Kier molecular flexibility index (Phi) is 5.07. The number of hydrogen-bond donors (Lipinski definition) is 2. The van der Waals surface area contributed by atoms with E-state index in [-0.39, 0.29) is 11.5 Å². The Bertz CT molecular complexity index is 473. The van der Waals surface area contributed by atoms with Crippen molar-refractivity contribution in [1.82, 2.24) is 10.2 Å². The summed E-state index contributed by atoms with van der Waals surface area (Å²) in [6.45, 7) is 14.9. The third-order valence-corrected chi connectivity index (χ3v) is 4.65. The molecule has 0 aliphatic carbocycles. The van der Waals surface area contributed by atoms with Gasteiger partial charge in [-0.3, -0.25) is 4.90 Å². The Hall–Kier alpha value is -0.900. The summed E-state index contributed by atoms with van der Waals surface area (Å²) in [4.78, 5) is 2.38. The average molecular weight is 290 g/mol. The van der Waals surface area contributed by atoms with Crippen LogP contribution in [0.25, 0.3) is 0 Å². The molecule has 2 atom stereocenters. The first-order valence-corrected chi connectivity index (χ1v) is 8.04. The number of aryl methyl sites for hydroxylation is 1. The van der Waals surface area contributed by atoms with Crippen LogP contribution in [0.4, 0.5) is 0 Å². The van der Waals surface area contributed by atoms with Crippen molar-refractivity contribution in [2.45, 2.75) is 52.2 Å².